The number of hydrogen-bond acceptors (Lipinski definition) is 3. The first-order valence-corrected chi connectivity index (χ1v) is 5.33. The molecule has 1 heterocycles. The minimum Gasteiger partial charge on any atom is -0.409 e. The van der Waals surface area contributed by atoms with E-state index in [2.05, 4.69) is 10.1 Å². The van der Waals surface area contributed by atoms with Crippen LogP contribution >= 0.6 is 0 Å². The van der Waals surface area contributed by atoms with E-state index in [0.29, 0.717) is 11.3 Å². The Balaban J connectivity index is 2.51. The molecule has 0 unspecified atom stereocenters. The van der Waals surface area contributed by atoms with E-state index in [4.69, 9.17) is 10.9 Å². The minimum absolute atomic E-state index is 0.126. The molecular weight excluding hydrogens is 235 g/mol. The Bertz CT molecular complexity index is 619. The molecule has 0 atom stereocenters. The van der Waals surface area contributed by atoms with Crippen LogP contribution in [0.15, 0.2) is 29.7 Å². The molecule has 0 amide bonds. The maximum absolute atomic E-state index is 14.0. The topological polar surface area (TPSA) is 76.4 Å². The number of hydrogen-bond donors (Lipinski definition) is 2. The van der Waals surface area contributed by atoms with Crippen molar-refractivity contribution in [3.63, 3.8) is 0 Å². The number of aromatic nitrogens is 2. The quantitative estimate of drug-likeness (QED) is 0.368. The van der Waals surface area contributed by atoms with E-state index >= 15 is 0 Å². The third-order valence-corrected chi connectivity index (χ3v) is 2.86. The predicted octanol–water partition coefficient (Wildman–Crippen LogP) is 1.72. The highest BCUT2D eigenvalue weighted by molar-refractivity contribution is 5.97. The van der Waals surface area contributed by atoms with Crippen LogP contribution < -0.4 is 5.73 Å². The first-order valence-electron chi connectivity index (χ1n) is 5.33. The number of imidazole rings is 1. The average molecular weight is 248 g/mol. The summed E-state index contributed by atoms with van der Waals surface area (Å²) in [4.78, 5) is 4.12. The summed E-state index contributed by atoms with van der Waals surface area (Å²) < 4.78 is 15.6. The van der Waals surface area contributed by atoms with Gasteiger partial charge in [0, 0.05) is 11.3 Å². The molecule has 0 radical (unpaired) electrons. The fraction of sp³-hybridized carbons (Fsp3) is 0.167. The zero-order valence-electron chi connectivity index (χ0n) is 10.1. The lowest BCUT2D eigenvalue weighted by Crippen LogP contribution is -2.13. The van der Waals surface area contributed by atoms with Crippen LogP contribution in [0.25, 0.3) is 5.69 Å². The van der Waals surface area contributed by atoms with Crippen molar-refractivity contribution in [1.82, 2.24) is 9.55 Å². The lowest BCUT2D eigenvalue weighted by atomic mass is 10.1. The molecule has 0 fully saturated rings. The van der Waals surface area contributed by atoms with Gasteiger partial charge in [-0.1, -0.05) is 5.16 Å². The molecule has 1 aromatic heterocycles. The summed E-state index contributed by atoms with van der Waals surface area (Å²) >= 11 is 0. The van der Waals surface area contributed by atoms with Gasteiger partial charge in [0.25, 0.3) is 0 Å². The van der Waals surface area contributed by atoms with Gasteiger partial charge in [0.2, 0.25) is 0 Å². The summed E-state index contributed by atoms with van der Waals surface area (Å²) in [5.41, 5.74) is 7.81. The first kappa shape index (κ1) is 12.1. The normalized spacial score (nSPS) is 11.8. The number of nitrogens with two attached hydrogens (primary N) is 1. The standard InChI is InChI=1S/C12H13FN4O/c1-7-8(2)17(6-15-7)11-4-3-9(5-10(11)13)12(14)16-18/h3-6,18H,1-2H3,(H2,14,16). The van der Waals surface area contributed by atoms with Crippen LogP contribution in [0.5, 0.6) is 0 Å². The van der Waals surface area contributed by atoms with Crippen molar-refractivity contribution in [3.05, 3.63) is 47.3 Å². The van der Waals surface area contributed by atoms with Crippen molar-refractivity contribution in [1.29, 1.82) is 0 Å². The van der Waals surface area contributed by atoms with E-state index in [1.807, 2.05) is 13.8 Å². The smallest absolute Gasteiger partial charge is 0.170 e. The van der Waals surface area contributed by atoms with E-state index < -0.39 is 5.82 Å². The average Bonchev–Trinajstić information content (AvgIpc) is 2.69. The molecule has 94 valence electrons. The fourth-order valence-corrected chi connectivity index (χ4v) is 1.66. The third-order valence-electron chi connectivity index (χ3n) is 2.86. The highest BCUT2D eigenvalue weighted by Crippen LogP contribution is 2.18. The number of rotatable bonds is 2. The molecule has 18 heavy (non-hydrogen) atoms. The van der Waals surface area contributed by atoms with Crippen LogP contribution in [0, 0.1) is 19.7 Å². The molecule has 0 bridgehead atoms. The van der Waals surface area contributed by atoms with Crippen molar-refractivity contribution in [2.24, 2.45) is 10.9 Å². The highest BCUT2D eigenvalue weighted by Gasteiger charge is 2.11. The van der Waals surface area contributed by atoms with Crippen molar-refractivity contribution in [3.8, 4) is 5.69 Å². The Hall–Kier alpha value is -2.37. The Morgan fingerprint density at radius 2 is 2.17 bits per heavy atom. The van der Waals surface area contributed by atoms with Gasteiger partial charge in [-0.05, 0) is 32.0 Å². The molecule has 0 aliphatic heterocycles. The van der Waals surface area contributed by atoms with Gasteiger partial charge in [-0.3, -0.25) is 0 Å². The largest absolute Gasteiger partial charge is 0.409 e. The van der Waals surface area contributed by atoms with Crippen LogP contribution in [0.2, 0.25) is 0 Å². The van der Waals surface area contributed by atoms with E-state index in [9.17, 15) is 4.39 Å². The lowest BCUT2D eigenvalue weighted by Gasteiger charge is -2.08. The van der Waals surface area contributed by atoms with Crippen LogP contribution in [0.4, 0.5) is 4.39 Å². The molecule has 2 aromatic rings. The Morgan fingerprint density at radius 3 is 2.67 bits per heavy atom. The number of halogens is 1. The van der Waals surface area contributed by atoms with Gasteiger partial charge < -0.3 is 15.5 Å². The Morgan fingerprint density at radius 1 is 1.44 bits per heavy atom. The van der Waals surface area contributed by atoms with Gasteiger partial charge in [0.15, 0.2) is 5.84 Å². The van der Waals surface area contributed by atoms with Gasteiger partial charge in [0.1, 0.15) is 5.82 Å². The van der Waals surface area contributed by atoms with Crippen LogP contribution in [-0.4, -0.2) is 20.6 Å². The van der Waals surface area contributed by atoms with Crippen molar-refractivity contribution in [2.45, 2.75) is 13.8 Å². The molecule has 0 aliphatic rings. The van der Waals surface area contributed by atoms with E-state index in [1.165, 1.54) is 6.07 Å². The maximum atomic E-state index is 14.0. The maximum Gasteiger partial charge on any atom is 0.170 e. The molecule has 6 heteroatoms. The zero-order valence-corrected chi connectivity index (χ0v) is 10.1. The lowest BCUT2D eigenvalue weighted by molar-refractivity contribution is 0.318. The second-order valence-corrected chi connectivity index (χ2v) is 3.94. The van der Waals surface area contributed by atoms with Gasteiger partial charge in [-0.25, -0.2) is 9.37 Å². The van der Waals surface area contributed by atoms with Crippen LogP contribution in [0.3, 0.4) is 0 Å². The Kier molecular flexibility index (Phi) is 3.01. The van der Waals surface area contributed by atoms with Gasteiger partial charge >= 0.3 is 0 Å². The SMILES string of the molecule is Cc1ncn(-c2ccc(C(N)=NO)cc2F)c1C. The molecule has 0 saturated heterocycles. The van der Waals surface area contributed by atoms with E-state index in [1.54, 1.807) is 23.0 Å². The second kappa shape index (κ2) is 4.48. The molecule has 5 nitrogen and oxygen atoms in total. The summed E-state index contributed by atoms with van der Waals surface area (Å²) in [5, 5.41) is 11.4. The number of aryl methyl sites for hydroxylation is 1. The van der Waals surface area contributed by atoms with Crippen LogP contribution in [-0.2, 0) is 0 Å². The van der Waals surface area contributed by atoms with Crippen LogP contribution in [0.1, 0.15) is 17.0 Å². The van der Waals surface area contributed by atoms with Gasteiger partial charge in [-0.2, -0.15) is 0 Å². The molecule has 0 spiro atoms. The summed E-state index contributed by atoms with van der Waals surface area (Å²) in [6, 6.07) is 4.37. The summed E-state index contributed by atoms with van der Waals surface area (Å²) in [6.07, 6.45) is 1.56. The molecular formula is C12H13FN4O. The van der Waals surface area contributed by atoms with Crippen molar-refractivity contribution < 1.29 is 9.60 Å². The number of nitrogens with zero attached hydrogens (tertiary/aromatic N) is 3. The van der Waals surface area contributed by atoms with E-state index in [-0.39, 0.29) is 5.84 Å². The first-order chi connectivity index (χ1) is 8.54. The van der Waals surface area contributed by atoms with Gasteiger partial charge in [0.05, 0.1) is 17.7 Å². The summed E-state index contributed by atoms with van der Waals surface area (Å²) in [5.74, 6) is -0.585. The fourth-order valence-electron chi connectivity index (χ4n) is 1.66. The van der Waals surface area contributed by atoms with Crippen molar-refractivity contribution >= 4 is 5.84 Å². The summed E-state index contributed by atoms with van der Waals surface area (Å²) in [6.45, 7) is 3.72. The highest BCUT2D eigenvalue weighted by atomic mass is 19.1. The Labute approximate surface area is 103 Å². The minimum atomic E-state index is -0.459. The van der Waals surface area contributed by atoms with E-state index in [0.717, 1.165) is 11.4 Å². The van der Waals surface area contributed by atoms with Gasteiger partial charge in [-0.15, -0.1) is 0 Å². The molecule has 0 aliphatic carbocycles. The molecule has 0 saturated carbocycles. The number of benzene rings is 1. The molecule has 1 aromatic carbocycles. The predicted molar refractivity (Wildman–Crippen MR) is 65.5 cm³/mol. The monoisotopic (exact) mass is 248 g/mol. The number of oxime groups is 1. The number of amidine groups is 1. The molecule has 3 N–H and O–H groups in total. The molecule has 2 rings (SSSR count). The zero-order chi connectivity index (χ0) is 13.3. The second-order valence-electron chi connectivity index (χ2n) is 3.94. The summed E-state index contributed by atoms with van der Waals surface area (Å²) in [7, 11) is 0. The third kappa shape index (κ3) is 1.92. The van der Waals surface area contributed by atoms with Crippen molar-refractivity contribution in [2.75, 3.05) is 0 Å².